The molecule has 2 unspecified atom stereocenters. The summed E-state index contributed by atoms with van der Waals surface area (Å²) in [6, 6.07) is -0.560. The highest BCUT2D eigenvalue weighted by atomic mass is 16.5. The van der Waals surface area contributed by atoms with Crippen LogP contribution in [0.15, 0.2) is 48.6 Å². The molecule has 0 aliphatic carbocycles. The van der Waals surface area contributed by atoms with Gasteiger partial charge in [0.2, 0.25) is 5.91 Å². The van der Waals surface area contributed by atoms with Crippen LogP contribution in [0.1, 0.15) is 303 Å². The van der Waals surface area contributed by atoms with Gasteiger partial charge >= 0.3 is 5.97 Å². The quantitative estimate of drug-likeness (QED) is 0.0244. The average Bonchev–Trinajstić information content (AvgIpc) is 3.33. The minimum absolute atomic E-state index is 0.0352. The lowest BCUT2D eigenvalue weighted by atomic mass is 10.0. The summed E-state index contributed by atoms with van der Waals surface area (Å²) in [5, 5.41) is 23.3. The summed E-state index contributed by atoms with van der Waals surface area (Å²) >= 11 is 0. The molecule has 6 heteroatoms. The van der Waals surface area contributed by atoms with E-state index in [0.29, 0.717) is 25.9 Å². The molecule has 0 saturated heterocycles. The van der Waals surface area contributed by atoms with Crippen molar-refractivity contribution in [1.29, 1.82) is 0 Å². The highest BCUT2D eigenvalue weighted by molar-refractivity contribution is 5.76. The predicted octanol–water partition coefficient (Wildman–Crippen LogP) is 18.2. The molecule has 67 heavy (non-hydrogen) atoms. The number of allylic oxidation sites excluding steroid dienone is 8. The van der Waals surface area contributed by atoms with Crippen molar-refractivity contribution in [2.75, 3.05) is 13.2 Å². The van der Waals surface area contributed by atoms with Crippen LogP contribution in [-0.4, -0.2) is 47.4 Å². The van der Waals surface area contributed by atoms with E-state index in [9.17, 15) is 19.8 Å². The number of hydrogen-bond donors (Lipinski definition) is 3. The second-order valence-electron chi connectivity index (χ2n) is 20.0. The SMILES string of the molecule is CCCCCC/C=C\C/C=C\CCCCCCCC(=O)OCCCCC/C=C\C=C/CCCCCCCCC(=O)NC(CO)C(O)CCCCCCCCCCCCCCCCCCCCC. The first-order valence-corrected chi connectivity index (χ1v) is 29.4. The highest BCUT2D eigenvalue weighted by Crippen LogP contribution is 2.17. The first-order valence-electron chi connectivity index (χ1n) is 29.4. The number of esters is 1. The average molecular weight is 941 g/mol. The molecule has 0 radical (unpaired) electrons. The number of nitrogens with one attached hydrogen (secondary N) is 1. The third-order valence-electron chi connectivity index (χ3n) is 13.4. The number of carbonyl (C=O) groups is 2. The van der Waals surface area contributed by atoms with Crippen molar-refractivity contribution in [1.82, 2.24) is 5.32 Å². The van der Waals surface area contributed by atoms with Crippen LogP contribution in [0.3, 0.4) is 0 Å². The lowest BCUT2D eigenvalue weighted by molar-refractivity contribution is -0.143. The van der Waals surface area contributed by atoms with Crippen LogP contribution in [0.2, 0.25) is 0 Å². The maximum atomic E-state index is 12.5. The molecule has 0 fully saturated rings. The van der Waals surface area contributed by atoms with Crippen molar-refractivity contribution in [3.63, 3.8) is 0 Å². The third-order valence-corrected chi connectivity index (χ3v) is 13.4. The van der Waals surface area contributed by atoms with Gasteiger partial charge in [-0.15, -0.1) is 0 Å². The molecule has 0 aromatic carbocycles. The van der Waals surface area contributed by atoms with Gasteiger partial charge in [-0.05, 0) is 89.9 Å². The van der Waals surface area contributed by atoms with Gasteiger partial charge < -0.3 is 20.3 Å². The van der Waals surface area contributed by atoms with Crippen molar-refractivity contribution in [3.8, 4) is 0 Å². The Bertz CT molecular complexity index is 1130. The molecule has 0 bridgehead atoms. The van der Waals surface area contributed by atoms with E-state index in [4.69, 9.17) is 4.74 Å². The maximum absolute atomic E-state index is 12.5. The van der Waals surface area contributed by atoms with Gasteiger partial charge in [-0.1, -0.05) is 249 Å². The molecular formula is C61H113NO5. The molecule has 0 saturated carbocycles. The van der Waals surface area contributed by atoms with Crippen molar-refractivity contribution in [2.24, 2.45) is 0 Å². The van der Waals surface area contributed by atoms with Crippen LogP contribution < -0.4 is 5.32 Å². The number of ether oxygens (including phenoxy) is 1. The molecule has 1 amide bonds. The van der Waals surface area contributed by atoms with Gasteiger partial charge in [-0.2, -0.15) is 0 Å². The zero-order chi connectivity index (χ0) is 48.6. The number of amides is 1. The molecule has 392 valence electrons. The molecule has 0 aromatic heterocycles. The summed E-state index contributed by atoms with van der Waals surface area (Å²) in [6.07, 6.45) is 71.0. The van der Waals surface area contributed by atoms with Crippen LogP contribution in [0.4, 0.5) is 0 Å². The van der Waals surface area contributed by atoms with Crippen LogP contribution in [0.5, 0.6) is 0 Å². The van der Waals surface area contributed by atoms with Gasteiger partial charge in [-0.25, -0.2) is 0 Å². The summed E-state index contributed by atoms with van der Waals surface area (Å²) in [7, 11) is 0. The van der Waals surface area contributed by atoms with Crippen LogP contribution in [-0.2, 0) is 14.3 Å². The normalized spacial score (nSPS) is 13.0. The Kier molecular flexibility index (Phi) is 54.6. The lowest BCUT2D eigenvalue weighted by Gasteiger charge is -2.22. The molecule has 6 nitrogen and oxygen atoms in total. The summed E-state index contributed by atoms with van der Waals surface area (Å²) < 4.78 is 5.44. The van der Waals surface area contributed by atoms with Crippen molar-refractivity contribution in [2.45, 2.75) is 315 Å². The minimum Gasteiger partial charge on any atom is -0.466 e. The summed E-state index contributed by atoms with van der Waals surface area (Å²) in [5.41, 5.74) is 0. The number of unbranched alkanes of at least 4 members (excludes halogenated alkanes) is 36. The zero-order valence-electron chi connectivity index (χ0n) is 44.6. The van der Waals surface area contributed by atoms with E-state index >= 15 is 0 Å². The Morgan fingerprint density at radius 2 is 0.791 bits per heavy atom. The number of hydrogen-bond acceptors (Lipinski definition) is 5. The number of rotatable bonds is 54. The van der Waals surface area contributed by atoms with Crippen LogP contribution in [0, 0.1) is 0 Å². The lowest BCUT2D eigenvalue weighted by Crippen LogP contribution is -2.45. The number of carbonyl (C=O) groups excluding carboxylic acids is 2. The van der Waals surface area contributed by atoms with Gasteiger partial charge in [0.1, 0.15) is 0 Å². The van der Waals surface area contributed by atoms with Gasteiger partial charge in [0.25, 0.3) is 0 Å². The molecule has 0 heterocycles. The van der Waals surface area contributed by atoms with Gasteiger partial charge in [0, 0.05) is 12.8 Å². The molecule has 0 aromatic rings. The fraction of sp³-hybridized carbons (Fsp3) is 0.836. The first kappa shape index (κ1) is 64.8. The molecular weight excluding hydrogens is 827 g/mol. The largest absolute Gasteiger partial charge is 0.466 e. The van der Waals surface area contributed by atoms with E-state index in [-0.39, 0.29) is 18.5 Å². The summed E-state index contributed by atoms with van der Waals surface area (Å²) in [5.74, 6) is -0.0921. The second kappa shape index (κ2) is 56.4. The Morgan fingerprint density at radius 1 is 0.433 bits per heavy atom. The monoisotopic (exact) mass is 940 g/mol. The highest BCUT2D eigenvalue weighted by Gasteiger charge is 2.20. The van der Waals surface area contributed by atoms with E-state index in [1.807, 2.05) is 0 Å². The smallest absolute Gasteiger partial charge is 0.305 e. The van der Waals surface area contributed by atoms with Crippen molar-refractivity contribution in [3.05, 3.63) is 48.6 Å². The molecule has 0 rings (SSSR count). The van der Waals surface area contributed by atoms with Gasteiger partial charge in [0.15, 0.2) is 0 Å². The number of aliphatic hydroxyl groups is 2. The van der Waals surface area contributed by atoms with E-state index in [2.05, 4.69) is 67.8 Å². The maximum Gasteiger partial charge on any atom is 0.305 e. The predicted molar refractivity (Wildman–Crippen MR) is 292 cm³/mol. The standard InChI is InChI=1S/C61H113NO5/c1-3-5-7-9-11-13-15-17-19-21-22-23-25-29-33-37-41-45-49-53-59(64)58(57-63)62-60(65)54-50-46-42-38-34-30-26-24-28-32-36-40-44-48-52-56-67-61(66)55-51-47-43-39-35-31-27-20-18-16-14-12-10-8-6-4-2/h14,16,20,24,27-28,32,36,58-59,63-64H,3-13,15,17-19,21-23,25-26,29-31,33-35,37-57H2,1-2H3,(H,62,65)/b16-14-,27-20-,28-24-,36-32-. The molecule has 0 aliphatic heterocycles. The Hall–Kier alpha value is -2.18. The topological polar surface area (TPSA) is 95.9 Å². The second-order valence-corrected chi connectivity index (χ2v) is 20.0. The fourth-order valence-electron chi connectivity index (χ4n) is 8.84. The Balaban J connectivity index is 3.53. The van der Waals surface area contributed by atoms with Gasteiger partial charge in [-0.3, -0.25) is 9.59 Å². The van der Waals surface area contributed by atoms with E-state index in [1.54, 1.807) is 0 Å². The van der Waals surface area contributed by atoms with E-state index < -0.39 is 12.1 Å². The number of aliphatic hydroxyl groups excluding tert-OH is 2. The third kappa shape index (κ3) is 53.0. The fourth-order valence-corrected chi connectivity index (χ4v) is 8.84. The minimum atomic E-state index is -0.681. The van der Waals surface area contributed by atoms with Crippen molar-refractivity contribution < 1.29 is 24.5 Å². The molecule has 0 aliphatic rings. The van der Waals surface area contributed by atoms with Crippen LogP contribution in [0.25, 0.3) is 0 Å². The molecule has 3 N–H and O–H groups in total. The molecule has 0 spiro atoms. The Morgan fingerprint density at radius 3 is 1.24 bits per heavy atom. The zero-order valence-corrected chi connectivity index (χ0v) is 44.6. The van der Waals surface area contributed by atoms with Crippen LogP contribution >= 0.6 is 0 Å². The Labute approximate surface area is 416 Å². The first-order chi connectivity index (χ1) is 33.0. The van der Waals surface area contributed by atoms with Gasteiger partial charge in [0.05, 0.1) is 25.4 Å². The van der Waals surface area contributed by atoms with E-state index in [1.165, 1.54) is 180 Å². The van der Waals surface area contributed by atoms with E-state index in [0.717, 1.165) is 89.9 Å². The van der Waals surface area contributed by atoms with Crippen molar-refractivity contribution >= 4 is 11.9 Å². The molecule has 2 atom stereocenters. The summed E-state index contributed by atoms with van der Waals surface area (Å²) in [4.78, 5) is 24.5. The summed E-state index contributed by atoms with van der Waals surface area (Å²) in [6.45, 7) is 4.88.